The quantitative estimate of drug-likeness (QED) is 0.603. The smallest absolute Gasteiger partial charge is 0.337 e. The van der Waals surface area contributed by atoms with Gasteiger partial charge >= 0.3 is 5.97 Å². The summed E-state index contributed by atoms with van der Waals surface area (Å²) in [6.07, 6.45) is 1.98. The van der Waals surface area contributed by atoms with Crippen LogP contribution in [-0.4, -0.2) is 32.1 Å². The Labute approximate surface area is 112 Å². The van der Waals surface area contributed by atoms with E-state index in [2.05, 4.69) is 17.0 Å². The summed E-state index contributed by atoms with van der Waals surface area (Å²) in [6, 6.07) is 6.54. The Morgan fingerprint density at radius 1 is 1.32 bits per heavy atom. The Hall–Kier alpha value is -2.04. The number of ether oxygens (including phenoxy) is 2. The van der Waals surface area contributed by atoms with Gasteiger partial charge in [0.25, 0.3) is 5.91 Å². The molecule has 1 aromatic rings. The second kappa shape index (κ2) is 8.13. The van der Waals surface area contributed by atoms with E-state index in [4.69, 9.17) is 4.74 Å². The lowest BCUT2D eigenvalue weighted by molar-refractivity contribution is -0.123. The zero-order chi connectivity index (χ0) is 14.1. The second-order valence-corrected chi connectivity index (χ2v) is 4.01. The molecule has 0 aliphatic heterocycles. The molecule has 0 fully saturated rings. The first-order chi connectivity index (χ1) is 9.17. The largest absolute Gasteiger partial charge is 0.484 e. The molecule has 0 heterocycles. The number of methoxy groups -OCH3 is 1. The van der Waals surface area contributed by atoms with Gasteiger partial charge in [0.15, 0.2) is 6.61 Å². The van der Waals surface area contributed by atoms with E-state index in [0.717, 1.165) is 12.8 Å². The molecule has 0 radical (unpaired) electrons. The first-order valence-corrected chi connectivity index (χ1v) is 6.25. The molecule has 0 aliphatic carbocycles. The van der Waals surface area contributed by atoms with Crippen molar-refractivity contribution in [1.29, 1.82) is 0 Å². The SMILES string of the molecule is CCCCNC(=O)COc1cccc(C(=O)OC)c1. The highest BCUT2D eigenvalue weighted by Gasteiger charge is 2.07. The minimum atomic E-state index is -0.433. The van der Waals surface area contributed by atoms with Crippen LogP contribution in [0.25, 0.3) is 0 Å². The fourth-order valence-electron chi connectivity index (χ4n) is 1.44. The molecule has 0 saturated carbocycles. The van der Waals surface area contributed by atoms with Gasteiger partial charge in [-0.2, -0.15) is 0 Å². The van der Waals surface area contributed by atoms with Crippen LogP contribution in [-0.2, 0) is 9.53 Å². The predicted molar refractivity (Wildman–Crippen MR) is 71.2 cm³/mol. The molecule has 1 amide bonds. The van der Waals surface area contributed by atoms with Crippen LogP contribution in [0.1, 0.15) is 30.1 Å². The standard InChI is InChI=1S/C14H19NO4/c1-3-4-8-15-13(16)10-19-12-7-5-6-11(9-12)14(17)18-2/h5-7,9H,3-4,8,10H2,1-2H3,(H,15,16). The van der Waals surface area contributed by atoms with Gasteiger partial charge < -0.3 is 14.8 Å². The highest BCUT2D eigenvalue weighted by atomic mass is 16.5. The molecule has 19 heavy (non-hydrogen) atoms. The minimum Gasteiger partial charge on any atom is -0.484 e. The summed E-state index contributed by atoms with van der Waals surface area (Å²) in [4.78, 5) is 22.8. The van der Waals surface area contributed by atoms with Gasteiger partial charge in [-0.3, -0.25) is 4.79 Å². The van der Waals surface area contributed by atoms with E-state index in [1.54, 1.807) is 24.3 Å². The van der Waals surface area contributed by atoms with E-state index in [0.29, 0.717) is 17.9 Å². The van der Waals surface area contributed by atoms with Crippen molar-refractivity contribution in [2.45, 2.75) is 19.8 Å². The number of hydrogen-bond donors (Lipinski definition) is 1. The average molecular weight is 265 g/mol. The summed E-state index contributed by atoms with van der Waals surface area (Å²) >= 11 is 0. The van der Waals surface area contributed by atoms with Gasteiger partial charge in [0.1, 0.15) is 5.75 Å². The monoisotopic (exact) mass is 265 g/mol. The summed E-state index contributed by atoms with van der Waals surface area (Å²) in [5.74, 6) is -0.136. The summed E-state index contributed by atoms with van der Waals surface area (Å²) in [6.45, 7) is 2.65. The van der Waals surface area contributed by atoms with E-state index in [1.807, 2.05) is 0 Å². The van der Waals surface area contributed by atoms with Gasteiger partial charge in [-0.25, -0.2) is 4.79 Å². The van der Waals surface area contributed by atoms with Crippen molar-refractivity contribution in [2.75, 3.05) is 20.3 Å². The lowest BCUT2D eigenvalue weighted by Crippen LogP contribution is -2.29. The molecule has 104 valence electrons. The third kappa shape index (κ3) is 5.42. The third-order valence-corrected chi connectivity index (χ3v) is 2.48. The zero-order valence-corrected chi connectivity index (χ0v) is 11.3. The molecule has 0 aliphatic rings. The molecule has 5 heteroatoms. The summed E-state index contributed by atoms with van der Waals surface area (Å²) < 4.78 is 9.92. The maximum atomic E-state index is 11.4. The molecule has 1 N–H and O–H groups in total. The molecule has 0 atom stereocenters. The van der Waals surface area contributed by atoms with Crippen molar-refractivity contribution < 1.29 is 19.1 Å². The van der Waals surface area contributed by atoms with Crippen molar-refractivity contribution in [1.82, 2.24) is 5.32 Å². The molecule has 0 saturated heterocycles. The molecule has 1 aromatic carbocycles. The summed E-state index contributed by atoms with van der Waals surface area (Å²) in [5.41, 5.74) is 0.395. The van der Waals surface area contributed by atoms with Crippen molar-refractivity contribution >= 4 is 11.9 Å². The number of rotatable bonds is 7. The fourth-order valence-corrected chi connectivity index (χ4v) is 1.44. The van der Waals surface area contributed by atoms with Crippen molar-refractivity contribution in [3.05, 3.63) is 29.8 Å². The number of benzene rings is 1. The van der Waals surface area contributed by atoms with Crippen LogP contribution in [0, 0.1) is 0 Å². The van der Waals surface area contributed by atoms with Gasteiger partial charge in [-0.05, 0) is 24.6 Å². The molecule has 0 aromatic heterocycles. The molecule has 0 bridgehead atoms. The number of amides is 1. The van der Waals surface area contributed by atoms with Crippen LogP contribution in [0.4, 0.5) is 0 Å². The third-order valence-electron chi connectivity index (χ3n) is 2.48. The highest BCUT2D eigenvalue weighted by molar-refractivity contribution is 5.89. The second-order valence-electron chi connectivity index (χ2n) is 4.01. The molecular formula is C14H19NO4. The average Bonchev–Trinajstić information content (AvgIpc) is 2.45. The van der Waals surface area contributed by atoms with Crippen molar-refractivity contribution in [3.63, 3.8) is 0 Å². The van der Waals surface area contributed by atoms with Gasteiger partial charge in [0.05, 0.1) is 12.7 Å². The van der Waals surface area contributed by atoms with Crippen LogP contribution >= 0.6 is 0 Å². The first kappa shape index (κ1) is 15.0. The number of hydrogen-bond acceptors (Lipinski definition) is 4. The van der Waals surface area contributed by atoms with Crippen LogP contribution < -0.4 is 10.1 Å². The molecule has 0 unspecified atom stereocenters. The number of esters is 1. The maximum Gasteiger partial charge on any atom is 0.337 e. The first-order valence-electron chi connectivity index (χ1n) is 6.25. The van der Waals surface area contributed by atoms with Crippen molar-refractivity contribution in [2.24, 2.45) is 0 Å². The van der Waals surface area contributed by atoms with Gasteiger partial charge in [-0.1, -0.05) is 19.4 Å². The maximum absolute atomic E-state index is 11.4. The van der Waals surface area contributed by atoms with E-state index in [-0.39, 0.29) is 12.5 Å². The van der Waals surface area contributed by atoms with Crippen LogP contribution in [0.5, 0.6) is 5.75 Å². The van der Waals surface area contributed by atoms with Crippen LogP contribution in [0.3, 0.4) is 0 Å². The molecule has 5 nitrogen and oxygen atoms in total. The highest BCUT2D eigenvalue weighted by Crippen LogP contribution is 2.13. The van der Waals surface area contributed by atoms with Gasteiger partial charge in [-0.15, -0.1) is 0 Å². The van der Waals surface area contributed by atoms with Crippen LogP contribution in [0.2, 0.25) is 0 Å². The molecular weight excluding hydrogens is 246 g/mol. The molecule has 0 spiro atoms. The topological polar surface area (TPSA) is 64.6 Å². The normalized spacial score (nSPS) is 9.79. The summed E-state index contributed by atoms with van der Waals surface area (Å²) in [5, 5.41) is 2.75. The number of carbonyl (C=O) groups excluding carboxylic acids is 2. The van der Waals surface area contributed by atoms with E-state index >= 15 is 0 Å². The lowest BCUT2D eigenvalue weighted by atomic mass is 10.2. The zero-order valence-electron chi connectivity index (χ0n) is 11.3. The Morgan fingerprint density at radius 2 is 2.11 bits per heavy atom. The van der Waals surface area contributed by atoms with Gasteiger partial charge in [0.2, 0.25) is 0 Å². The fraction of sp³-hybridized carbons (Fsp3) is 0.429. The molecule has 1 rings (SSSR count). The Kier molecular flexibility index (Phi) is 6.43. The summed E-state index contributed by atoms with van der Waals surface area (Å²) in [7, 11) is 1.32. The van der Waals surface area contributed by atoms with Crippen LogP contribution in [0.15, 0.2) is 24.3 Å². The number of nitrogens with one attached hydrogen (secondary N) is 1. The van der Waals surface area contributed by atoms with Gasteiger partial charge in [0, 0.05) is 6.54 Å². The lowest BCUT2D eigenvalue weighted by Gasteiger charge is -2.08. The van der Waals surface area contributed by atoms with Crippen molar-refractivity contribution in [3.8, 4) is 5.75 Å². The van der Waals surface area contributed by atoms with E-state index in [1.165, 1.54) is 7.11 Å². The number of carbonyl (C=O) groups is 2. The van der Waals surface area contributed by atoms with E-state index < -0.39 is 5.97 Å². The predicted octanol–water partition coefficient (Wildman–Crippen LogP) is 1.77. The minimum absolute atomic E-state index is 0.0612. The number of unbranched alkanes of at least 4 members (excludes halogenated alkanes) is 1. The Bertz CT molecular complexity index is 431. The van der Waals surface area contributed by atoms with E-state index in [9.17, 15) is 9.59 Å². The Morgan fingerprint density at radius 3 is 2.79 bits per heavy atom. The Balaban J connectivity index is 2.44.